The van der Waals surface area contributed by atoms with E-state index in [0.717, 1.165) is 0 Å². The van der Waals surface area contributed by atoms with E-state index in [1.807, 2.05) is 0 Å². The van der Waals surface area contributed by atoms with Crippen molar-refractivity contribution >= 4 is 34.9 Å². The van der Waals surface area contributed by atoms with Crippen LogP contribution in [0.3, 0.4) is 0 Å². The largest absolute Gasteiger partial charge is 0.479 e. The third-order valence-electron chi connectivity index (χ3n) is 3.52. The molecule has 0 unspecified atom stereocenters. The number of nitro benzene ring substituents is 1. The predicted molar refractivity (Wildman–Crippen MR) is 99.0 cm³/mol. The lowest BCUT2D eigenvalue weighted by atomic mass is 10.1. The summed E-state index contributed by atoms with van der Waals surface area (Å²) in [5.41, 5.74) is 0.339. The van der Waals surface area contributed by atoms with Crippen LogP contribution in [0.1, 0.15) is 12.5 Å². The molecule has 1 amide bonds. The lowest BCUT2D eigenvalue weighted by molar-refractivity contribution is -0.384. The van der Waals surface area contributed by atoms with Gasteiger partial charge in [0.1, 0.15) is 11.4 Å². The first-order valence-corrected chi connectivity index (χ1v) is 8.28. The highest BCUT2D eigenvalue weighted by atomic mass is 35.5. The van der Waals surface area contributed by atoms with Crippen molar-refractivity contribution in [2.24, 2.45) is 0 Å². The second-order valence-electron chi connectivity index (χ2n) is 5.60. The van der Waals surface area contributed by atoms with Crippen molar-refractivity contribution in [3.63, 3.8) is 0 Å². The number of halogens is 1. The summed E-state index contributed by atoms with van der Waals surface area (Å²) in [4.78, 5) is 34.4. The Kier molecular flexibility index (Phi) is 6.73. The Hall–Kier alpha value is -3.13. The fourth-order valence-corrected chi connectivity index (χ4v) is 2.29. The highest BCUT2D eigenvalue weighted by molar-refractivity contribution is 6.30. The minimum Gasteiger partial charge on any atom is -0.479 e. The van der Waals surface area contributed by atoms with Gasteiger partial charge in [-0.1, -0.05) is 23.7 Å². The molecule has 2 aromatic carbocycles. The number of hydrogen-bond acceptors (Lipinski definition) is 6. The van der Waals surface area contributed by atoms with E-state index in [2.05, 4.69) is 5.32 Å². The molecule has 0 heterocycles. The van der Waals surface area contributed by atoms with Gasteiger partial charge in [-0.05, 0) is 43.7 Å². The van der Waals surface area contributed by atoms with Crippen LogP contribution in [0.15, 0.2) is 42.5 Å². The molecule has 2 rings (SSSR count). The van der Waals surface area contributed by atoms with Gasteiger partial charge in [-0.2, -0.15) is 0 Å². The molecule has 0 radical (unpaired) electrons. The number of hydrogen-bond donors (Lipinski definition) is 1. The van der Waals surface area contributed by atoms with Crippen LogP contribution in [0.4, 0.5) is 11.4 Å². The second kappa shape index (κ2) is 9.00. The summed E-state index contributed by atoms with van der Waals surface area (Å²) in [5, 5.41) is 14.0. The third-order valence-corrected chi connectivity index (χ3v) is 3.77. The van der Waals surface area contributed by atoms with Crippen LogP contribution < -0.4 is 10.1 Å². The number of carbonyl (C=O) groups excluding carboxylic acids is 2. The number of carbonyl (C=O) groups is 2. The van der Waals surface area contributed by atoms with E-state index in [4.69, 9.17) is 21.1 Å². The molecule has 0 saturated heterocycles. The molecule has 0 bridgehead atoms. The summed E-state index contributed by atoms with van der Waals surface area (Å²) >= 11 is 5.77. The molecule has 0 spiro atoms. The Bertz CT molecular complexity index is 853. The van der Waals surface area contributed by atoms with Gasteiger partial charge in [-0.3, -0.25) is 14.9 Å². The van der Waals surface area contributed by atoms with Crippen molar-refractivity contribution in [2.45, 2.75) is 20.0 Å². The Balaban J connectivity index is 1.91. The number of aryl methyl sites for hydroxylation is 1. The number of rotatable bonds is 7. The van der Waals surface area contributed by atoms with Crippen molar-refractivity contribution in [1.82, 2.24) is 0 Å². The molecule has 1 atom stereocenters. The first-order chi connectivity index (χ1) is 12.8. The van der Waals surface area contributed by atoms with Gasteiger partial charge in [0.25, 0.3) is 11.6 Å². The monoisotopic (exact) mass is 392 g/mol. The first kappa shape index (κ1) is 20.2. The maximum Gasteiger partial charge on any atom is 0.347 e. The van der Waals surface area contributed by atoms with Gasteiger partial charge in [-0.25, -0.2) is 4.79 Å². The predicted octanol–water partition coefficient (Wildman–Crippen LogP) is 3.51. The van der Waals surface area contributed by atoms with Crippen molar-refractivity contribution in [3.8, 4) is 5.75 Å². The van der Waals surface area contributed by atoms with Gasteiger partial charge in [0.2, 0.25) is 0 Å². The number of nitrogens with zero attached hydrogens (tertiary/aromatic N) is 1. The minimum absolute atomic E-state index is 0.0639. The van der Waals surface area contributed by atoms with Crippen LogP contribution in [0.2, 0.25) is 5.02 Å². The molecule has 0 saturated carbocycles. The van der Waals surface area contributed by atoms with E-state index in [1.54, 1.807) is 37.3 Å². The quantitative estimate of drug-likeness (QED) is 0.439. The summed E-state index contributed by atoms with van der Waals surface area (Å²) in [6.07, 6.45) is -0.952. The number of amides is 1. The summed E-state index contributed by atoms with van der Waals surface area (Å²) < 4.78 is 10.3. The number of para-hydroxylation sites is 1. The van der Waals surface area contributed by atoms with Crippen LogP contribution >= 0.6 is 11.6 Å². The molecule has 1 N–H and O–H groups in total. The molecule has 2 aromatic rings. The molecule has 8 nitrogen and oxygen atoms in total. The van der Waals surface area contributed by atoms with E-state index in [1.165, 1.54) is 19.1 Å². The second-order valence-corrected chi connectivity index (χ2v) is 6.03. The topological polar surface area (TPSA) is 108 Å². The molecule has 0 aliphatic heterocycles. The Morgan fingerprint density at radius 2 is 1.89 bits per heavy atom. The SMILES string of the molecule is Cc1cccc([N+](=O)[O-])c1NC(=O)COC(=O)[C@H](C)Oc1ccc(Cl)cc1. The molecular formula is C18H17ClN2O6. The van der Waals surface area contributed by atoms with Gasteiger partial charge < -0.3 is 14.8 Å². The molecule has 0 aromatic heterocycles. The number of nitrogens with one attached hydrogen (secondary N) is 1. The fourth-order valence-electron chi connectivity index (χ4n) is 2.16. The van der Waals surface area contributed by atoms with E-state index in [9.17, 15) is 19.7 Å². The summed E-state index contributed by atoms with van der Waals surface area (Å²) in [6, 6.07) is 10.8. The van der Waals surface area contributed by atoms with Gasteiger partial charge in [0.15, 0.2) is 12.7 Å². The van der Waals surface area contributed by atoms with Crippen LogP contribution in [0, 0.1) is 17.0 Å². The highest BCUT2D eigenvalue weighted by Gasteiger charge is 2.21. The molecular weight excluding hydrogens is 376 g/mol. The maximum atomic E-state index is 12.0. The van der Waals surface area contributed by atoms with Gasteiger partial charge in [0.05, 0.1) is 4.92 Å². The van der Waals surface area contributed by atoms with Crippen LogP contribution in [0.5, 0.6) is 5.75 Å². The number of anilines is 1. The van der Waals surface area contributed by atoms with Crippen LogP contribution in [-0.2, 0) is 14.3 Å². The summed E-state index contributed by atoms with van der Waals surface area (Å²) in [7, 11) is 0. The smallest absolute Gasteiger partial charge is 0.347 e. The van der Waals surface area contributed by atoms with E-state index < -0.39 is 29.5 Å². The zero-order chi connectivity index (χ0) is 20.0. The summed E-state index contributed by atoms with van der Waals surface area (Å²) in [6.45, 7) is 2.50. The third kappa shape index (κ3) is 5.68. The number of nitro groups is 1. The average Bonchev–Trinajstić information content (AvgIpc) is 2.63. The van der Waals surface area contributed by atoms with Crippen LogP contribution in [-0.4, -0.2) is 29.5 Å². The summed E-state index contributed by atoms with van der Waals surface area (Å²) in [5.74, 6) is -1.03. The van der Waals surface area contributed by atoms with Crippen molar-refractivity contribution in [1.29, 1.82) is 0 Å². The molecule has 0 fully saturated rings. The molecule has 0 aliphatic rings. The number of esters is 1. The van der Waals surface area contributed by atoms with Crippen LogP contribution in [0.25, 0.3) is 0 Å². The minimum atomic E-state index is -0.952. The van der Waals surface area contributed by atoms with Crippen molar-refractivity contribution in [2.75, 3.05) is 11.9 Å². The van der Waals surface area contributed by atoms with E-state index in [-0.39, 0.29) is 11.4 Å². The van der Waals surface area contributed by atoms with E-state index >= 15 is 0 Å². The standard InChI is InChI=1S/C18H17ClN2O6/c1-11-4-3-5-15(21(24)25)17(11)20-16(22)10-26-18(23)12(2)27-14-8-6-13(19)7-9-14/h3-9,12H,10H2,1-2H3,(H,20,22)/t12-/m0/s1. The van der Waals surface area contributed by atoms with Gasteiger partial charge >= 0.3 is 5.97 Å². The Labute approximate surface area is 160 Å². The van der Waals surface area contributed by atoms with Crippen molar-refractivity contribution in [3.05, 3.63) is 63.2 Å². The first-order valence-electron chi connectivity index (χ1n) is 7.90. The fraction of sp³-hybridized carbons (Fsp3) is 0.222. The Morgan fingerprint density at radius 3 is 2.52 bits per heavy atom. The zero-order valence-corrected chi connectivity index (χ0v) is 15.4. The average molecular weight is 393 g/mol. The zero-order valence-electron chi connectivity index (χ0n) is 14.6. The van der Waals surface area contributed by atoms with E-state index in [0.29, 0.717) is 16.3 Å². The van der Waals surface area contributed by atoms with Gasteiger partial charge in [-0.15, -0.1) is 0 Å². The normalized spacial score (nSPS) is 11.4. The maximum absolute atomic E-state index is 12.0. The molecule has 9 heteroatoms. The molecule has 142 valence electrons. The number of benzene rings is 2. The lowest BCUT2D eigenvalue weighted by Crippen LogP contribution is -2.30. The Morgan fingerprint density at radius 1 is 1.22 bits per heavy atom. The van der Waals surface area contributed by atoms with Gasteiger partial charge in [0, 0.05) is 11.1 Å². The lowest BCUT2D eigenvalue weighted by Gasteiger charge is -2.14. The molecule has 0 aliphatic carbocycles. The number of ether oxygens (including phenoxy) is 2. The van der Waals surface area contributed by atoms with Crippen molar-refractivity contribution < 1.29 is 24.0 Å². The highest BCUT2D eigenvalue weighted by Crippen LogP contribution is 2.27. The molecule has 27 heavy (non-hydrogen) atoms.